The first-order valence-corrected chi connectivity index (χ1v) is 7.62. The molecule has 0 bridgehead atoms. The molecule has 0 fully saturated rings. The van der Waals surface area contributed by atoms with Gasteiger partial charge in [0.05, 0.1) is 10.6 Å². The number of hydrogen-bond donors (Lipinski definition) is 1. The summed E-state index contributed by atoms with van der Waals surface area (Å²) < 4.78 is 1.39. The van der Waals surface area contributed by atoms with Crippen molar-refractivity contribution in [1.82, 2.24) is 4.98 Å². The molecule has 2 heteroatoms. The second-order valence-electron chi connectivity index (χ2n) is 5.27. The van der Waals surface area contributed by atoms with E-state index in [1.807, 2.05) is 11.3 Å². The van der Waals surface area contributed by atoms with Gasteiger partial charge >= 0.3 is 0 Å². The number of para-hydroxylation sites is 1. The smallest absolute Gasteiger partial charge is 0.0596 e. The topological polar surface area (TPSA) is 15.8 Å². The highest BCUT2D eigenvalue weighted by molar-refractivity contribution is 7.22. The number of aryl methyl sites for hydroxylation is 2. The maximum Gasteiger partial charge on any atom is 0.0596 e. The van der Waals surface area contributed by atoms with Crippen molar-refractivity contribution in [1.29, 1.82) is 0 Å². The number of fused-ring (bicyclic) bond motifs is 2. The Morgan fingerprint density at radius 2 is 1.80 bits per heavy atom. The van der Waals surface area contributed by atoms with Crippen molar-refractivity contribution in [2.75, 3.05) is 0 Å². The Morgan fingerprint density at radius 1 is 0.950 bits per heavy atom. The Bertz CT molecular complexity index is 927. The molecule has 0 unspecified atom stereocenters. The van der Waals surface area contributed by atoms with Crippen LogP contribution in [0.4, 0.5) is 0 Å². The van der Waals surface area contributed by atoms with E-state index in [2.05, 4.69) is 67.4 Å². The molecule has 0 aliphatic rings. The minimum absolute atomic E-state index is 1.22. The second-order valence-corrected chi connectivity index (χ2v) is 6.33. The lowest BCUT2D eigenvalue weighted by atomic mass is 10.1. The third kappa shape index (κ3) is 1.61. The maximum absolute atomic E-state index is 3.57. The minimum Gasteiger partial charge on any atom is -0.354 e. The first-order chi connectivity index (χ1) is 9.74. The fourth-order valence-corrected chi connectivity index (χ4v) is 4.05. The van der Waals surface area contributed by atoms with Crippen molar-refractivity contribution in [3.05, 3.63) is 59.7 Å². The lowest BCUT2D eigenvalue weighted by molar-refractivity contribution is 1.43. The van der Waals surface area contributed by atoms with Gasteiger partial charge in [0, 0.05) is 15.6 Å². The van der Waals surface area contributed by atoms with E-state index in [9.17, 15) is 0 Å². The number of hydrogen-bond acceptors (Lipinski definition) is 1. The van der Waals surface area contributed by atoms with Gasteiger partial charge in [-0.25, -0.2) is 0 Å². The van der Waals surface area contributed by atoms with E-state index in [0.717, 1.165) is 0 Å². The molecule has 0 amide bonds. The fraction of sp³-hybridized carbons (Fsp3) is 0.111. The molecule has 0 spiro atoms. The summed E-state index contributed by atoms with van der Waals surface area (Å²) in [6, 6.07) is 17.3. The summed E-state index contributed by atoms with van der Waals surface area (Å²) >= 11 is 1.88. The van der Waals surface area contributed by atoms with Gasteiger partial charge in [-0.2, -0.15) is 0 Å². The van der Waals surface area contributed by atoms with Crippen molar-refractivity contribution in [2.24, 2.45) is 0 Å². The molecule has 1 N–H and O–H groups in total. The van der Waals surface area contributed by atoms with Crippen LogP contribution >= 0.6 is 11.3 Å². The molecule has 0 aliphatic heterocycles. The SMILES string of the molecule is Cc1c(-c2cc3cccc(C)c3s2)[nH]c2ccccc12. The van der Waals surface area contributed by atoms with E-state index in [-0.39, 0.29) is 0 Å². The average Bonchev–Trinajstić information content (AvgIpc) is 3.02. The zero-order valence-corrected chi connectivity index (χ0v) is 12.3. The Hall–Kier alpha value is -2.06. The zero-order chi connectivity index (χ0) is 13.7. The molecular formula is C18H15NS. The van der Waals surface area contributed by atoms with Crippen molar-refractivity contribution in [3.8, 4) is 10.6 Å². The molecule has 4 rings (SSSR count). The predicted octanol–water partition coefficient (Wildman–Crippen LogP) is 5.67. The predicted molar refractivity (Wildman–Crippen MR) is 88.6 cm³/mol. The van der Waals surface area contributed by atoms with E-state index in [1.54, 1.807) is 0 Å². The molecule has 1 nitrogen and oxygen atoms in total. The lowest BCUT2D eigenvalue weighted by Gasteiger charge is -1.94. The van der Waals surface area contributed by atoms with E-state index < -0.39 is 0 Å². The van der Waals surface area contributed by atoms with Crippen LogP contribution < -0.4 is 0 Å². The van der Waals surface area contributed by atoms with Gasteiger partial charge < -0.3 is 4.98 Å². The summed E-state index contributed by atoms with van der Waals surface area (Å²) in [5, 5.41) is 2.65. The molecule has 2 aromatic carbocycles. The Labute approximate surface area is 121 Å². The molecule has 0 radical (unpaired) electrons. The van der Waals surface area contributed by atoms with Crippen LogP contribution in [0.3, 0.4) is 0 Å². The number of aromatic amines is 1. The van der Waals surface area contributed by atoms with Crippen molar-refractivity contribution in [3.63, 3.8) is 0 Å². The largest absolute Gasteiger partial charge is 0.354 e. The zero-order valence-electron chi connectivity index (χ0n) is 11.5. The van der Waals surface area contributed by atoms with Gasteiger partial charge in [0.15, 0.2) is 0 Å². The highest BCUT2D eigenvalue weighted by Gasteiger charge is 2.12. The molecular weight excluding hydrogens is 262 g/mol. The molecule has 4 aromatic rings. The standard InChI is InChI=1S/C18H15NS/c1-11-6-5-7-13-10-16(20-18(11)13)17-12(2)14-8-3-4-9-15(14)19-17/h3-10,19H,1-2H3. The summed E-state index contributed by atoms with van der Waals surface area (Å²) in [5.74, 6) is 0. The van der Waals surface area contributed by atoms with Gasteiger partial charge in [0.1, 0.15) is 0 Å². The van der Waals surface area contributed by atoms with Crippen molar-refractivity contribution < 1.29 is 0 Å². The number of H-pyrrole nitrogens is 1. The number of rotatable bonds is 1. The van der Waals surface area contributed by atoms with E-state index >= 15 is 0 Å². The normalized spacial score (nSPS) is 11.5. The number of benzene rings is 2. The summed E-state index contributed by atoms with van der Waals surface area (Å²) in [5.41, 5.74) is 5.17. The third-order valence-corrected chi connectivity index (χ3v) is 5.26. The summed E-state index contributed by atoms with van der Waals surface area (Å²) in [6.45, 7) is 4.38. The molecule has 98 valence electrons. The van der Waals surface area contributed by atoms with E-state index in [0.29, 0.717) is 0 Å². The minimum atomic E-state index is 1.22. The van der Waals surface area contributed by atoms with Crippen molar-refractivity contribution >= 4 is 32.3 Å². The second kappa shape index (κ2) is 4.22. The molecule has 0 saturated heterocycles. The van der Waals surface area contributed by atoms with Crippen LogP contribution in [0.15, 0.2) is 48.5 Å². The number of aromatic nitrogens is 1. The summed E-state index contributed by atoms with van der Waals surface area (Å²) in [4.78, 5) is 4.89. The van der Waals surface area contributed by atoms with E-state index in [4.69, 9.17) is 0 Å². The van der Waals surface area contributed by atoms with Crippen LogP contribution in [0.2, 0.25) is 0 Å². The van der Waals surface area contributed by atoms with Gasteiger partial charge in [-0.1, -0.05) is 36.4 Å². The molecule has 2 aromatic heterocycles. The van der Waals surface area contributed by atoms with Gasteiger partial charge in [0.2, 0.25) is 0 Å². The van der Waals surface area contributed by atoms with Crippen LogP contribution in [0.1, 0.15) is 11.1 Å². The maximum atomic E-state index is 3.57. The average molecular weight is 277 g/mol. The van der Waals surface area contributed by atoms with Crippen molar-refractivity contribution in [2.45, 2.75) is 13.8 Å². The van der Waals surface area contributed by atoms with E-state index in [1.165, 1.54) is 42.7 Å². The van der Waals surface area contributed by atoms with Crippen LogP contribution in [0, 0.1) is 13.8 Å². The van der Waals surface area contributed by atoms with Crippen LogP contribution in [-0.2, 0) is 0 Å². The fourth-order valence-electron chi connectivity index (χ4n) is 2.86. The first kappa shape index (κ1) is 11.7. The lowest BCUT2D eigenvalue weighted by Crippen LogP contribution is -1.74. The number of thiophene rings is 1. The molecule has 0 saturated carbocycles. The van der Waals surface area contributed by atoms with Crippen LogP contribution in [0.25, 0.3) is 31.6 Å². The van der Waals surface area contributed by atoms with Gasteiger partial charge in [-0.05, 0) is 42.5 Å². The molecule has 2 heterocycles. The third-order valence-electron chi connectivity index (χ3n) is 3.95. The molecule has 20 heavy (non-hydrogen) atoms. The Morgan fingerprint density at radius 3 is 2.60 bits per heavy atom. The summed E-state index contributed by atoms with van der Waals surface area (Å²) in [6.07, 6.45) is 0. The van der Waals surface area contributed by atoms with Crippen LogP contribution in [-0.4, -0.2) is 4.98 Å². The monoisotopic (exact) mass is 277 g/mol. The van der Waals surface area contributed by atoms with Gasteiger partial charge in [-0.15, -0.1) is 11.3 Å². The first-order valence-electron chi connectivity index (χ1n) is 6.81. The highest BCUT2D eigenvalue weighted by atomic mass is 32.1. The summed E-state index contributed by atoms with van der Waals surface area (Å²) in [7, 11) is 0. The Kier molecular flexibility index (Phi) is 2.48. The van der Waals surface area contributed by atoms with Gasteiger partial charge in [0.25, 0.3) is 0 Å². The number of nitrogens with one attached hydrogen (secondary N) is 1. The van der Waals surface area contributed by atoms with Crippen LogP contribution in [0.5, 0.6) is 0 Å². The quantitative estimate of drug-likeness (QED) is 0.461. The highest BCUT2D eigenvalue weighted by Crippen LogP contribution is 2.38. The molecule has 0 atom stereocenters. The van der Waals surface area contributed by atoms with Gasteiger partial charge in [-0.3, -0.25) is 0 Å². The molecule has 0 aliphatic carbocycles. The Balaban J connectivity index is 2.01.